The Labute approximate surface area is 107 Å². The molecule has 0 bridgehead atoms. The average molecular weight is 256 g/mol. The van der Waals surface area contributed by atoms with E-state index >= 15 is 0 Å². The molecule has 0 fully saturated rings. The van der Waals surface area contributed by atoms with Crippen molar-refractivity contribution in [2.24, 2.45) is 0 Å². The Morgan fingerprint density at radius 2 is 2.29 bits per heavy atom. The zero-order valence-corrected chi connectivity index (χ0v) is 11.7. The molecular weight excluding hydrogens is 236 g/mol. The van der Waals surface area contributed by atoms with Crippen molar-refractivity contribution in [3.8, 4) is 0 Å². The van der Waals surface area contributed by atoms with Gasteiger partial charge in [0.1, 0.15) is 0 Å². The molecule has 0 aromatic carbocycles. The number of hydrogen-bond acceptors (Lipinski definition) is 5. The molecule has 1 heterocycles. The first-order valence-corrected chi connectivity index (χ1v) is 6.63. The van der Waals surface area contributed by atoms with E-state index in [4.69, 9.17) is 4.74 Å². The second kappa shape index (κ2) is 6.71. The van der Waals surface area contributed by atoms with E-state index in [-0.39, 0.29) is 0 Å². The van der Waals surface area contributed by atoms with Crippen LogP contribution in [0.3, 0.4) is 0 Å². The van der Waals surface area contributed by atoms with Crippen LogP contribution < -0.4 is 4.90 Å². The number of methoxy groups -OCH3 is 1. The van der Waals surface area contributed by atoms with Crippen LogP contribution >= 0.6 is 11.3 Å². The number of thiazole rings is 1. The number of aromatic nitrogens is 1. The lowest BCUT2D eigenvalue weighted by Gasteiger charge is -2.27. The normalized spacial score (nSPS) is 12.5. The maximum absolute atomic E-state index is 10.8. The summed E-state index contributed by atoms with van der Waals surface area (Å²) in [6.45, 7) is 7.64. The van der Waals surface area contributed by atoms with E-state index in [0.29, 0.717) is 17.5 Å². The molecule has 0 aliphatic rings. The van der Waals surface area contributed by atoms with Gasteiger partial charge in [0, 0.05) is 19.7 Å². The lowest BCUT2D eigenvalue weighted by atomic mass is 10.2. The Bertz CT molecular complexity index is 365. The van der Waals surface area contributed by atoms with Crippen molar-refractivity contribution < 1.29 is 9.53 Å². The largest absolute Gasteiger partial charge is 0.383 e. The van der Waals surface area contributed by atoms with Gasteiger partial charge in [0.05, 0.1) is 17.2 Å². The molecule has 4 nitrogen and oxygen atoms in total. The number of ether oxygens (including phenoxy) is 1. The molecule has 17 heavy (non-hydrogen) atoms. The first-order valence-electron chi connectivity index (χ1n) is 5.82. The molecule has 0 aliphatic heterocycles. The van der Waals surface area contributed by atoms with Crippen molar-refractivity contribution in [3.05, 3.63) is 10.6 Å². The maximum atomic E-state index is 10.8. The molecule has 0 saturated heterocycles. The zero-order valence-electron chi connectivity index (χ0n) is 10.9. The summed E-state index contributed by atoms with van der Waals surface area (Å²) in [6, 6.07) is 0.398. The quantitative estimate of drug-likeness (QED) is 0.703. The van der Waals surface area contributed by atoms with Gasteiger partial charge in [-0.05, 0) is 20.3 Å². The number of carbonyl (C=O) groups excluding carboxylic acids is 1. The minimum atomic E-state index is 0.398. The Morgan fingerprint density at radius 1 is 1.59 bits per heavy atom. The molecule has 1 atom stereocenters. The fourth-order valence-corrected chi connectivity index (χ4v) is 2.55. The van der Waals surface area contributed by atoms with Gasteiger partial charge in [-0.2, -0.15) is 0 Å². The van der Waals surface area contributed by atoms with Gasteiger partial charge in [0.2, 0.25) is 0 Å². The van der Waals surface area contributed by atoms with Crippen LogP contribution in [0, 0.1) is 6.92 Å². The van der Waals surface area contributed by atoms with E-state index in [2.05, 4.69) is 23.7 Å². The lowest BCUT2D eigenvalue weighted by Crippen LogP contribution is -2.35. The van der Waals surface area contributed by atoms with Crippen LogP contribution in [0.4, 0.5) is 5.13 Å². The van der Waals surface area contributed by atoms with Gasteiger partial charge < -0.3 is 9.64 Å². The predicted molar refractivity (Wildman–Crippen MR) is 71.2 cm³/mol. The minimum absolute atomic E-state index is 0.398. The first kappa shape index (κ1) is 14.1. The molecule has 0 amide bonds. The third kappa shape index (κ3) is 3.51. The second-order valence-corrected chi connectivity index (χ2v) is 5.02. The number of rotatable bonds is 7. The van der Waals surface area contributed by atoms with Crippen molar-refractivity contribution in [3.63, 3.8) is 0 Å². The SMILES string of the molecule is CCC(C)N(CCOC)c1nc(C)c(C=O)s1. The van der Waals surface area contributed by atoms with Crippen molar-refractivity contribution in [1.29, 1.82) is 0 Å². The van der Waals surface area contributed by atoms with Crippen molar-refractivity contribution >= 4 is 22.8 Å². The molecule has 1 unspecified atom stereocenters. The van der Waals surface area contributed by atoms with Crippen LogP contribution in [0.2, 0.25) is 0 Å². The van der Waals surface area contributed by atoms with Crippen LogP contribution in [0.15, 0.2) is 0 Å². The highest BCUT2D eigenvalue weighted by Gasteiger charge is 2.17. The van der Waals surface area contributed by atoms with Gasteiger partial charge in [-0.1, -0.05) is 18.3 Å². The van der Waals surface area contributed by atoms with Gasteiger partial charge in [-0.3, -0.25) is 4.79 Å². The summed E-state index contributed by atoms with van der Waals surface area (Å²) in [5.74, 6) is 0. The highest BCUT2D eigenvalue weighted by molar-refractivity contribution is 7.17. The Kier molecular flexibility index (Phi) is 5.58. The first-order chi connectivity index (χ1) is 8.13. The van der Waals surface area contributed by atoms with Gasteiger partial charge >= 0.3 is 0 Å². The summed E-state index contributed by atoms with van der Waals surface area (Å²) >= 11 is 1.45. The Balaban J connectivity index is 2.90. The van der Waals surface area contributed by atoms with Crippen molar-refractivity contribution in [2.45, 2.75) is 33.2 Å². The summed E-state index contributed by atoms with van der Waals surface area (Å²) in [6.07, 6.45) is 1.92. The summed E-state index contributed by atoms with van der Waals surface area (Å²) in [7, 11) is 1.69. The lowest BCUT2D eigenvalue weighted by molar-refractivity contribution is 0.112. The van der Waals surface area contributed by atoms with E-state index in [1.54, 1.807) is 7.11 Å². The molecule has 0 spiro atoms. The molecule has 1 aromatic rings. The van der Waals surface area contributed by atoms with Crippen LogP contribution in [0.25, 0.3) is 0 Å². The molecule has 5 heteroatoms. The average Bonchev–Trinajstić information content (AvgIpc) is 2.70. The van der Waals surface area contributed by atoms with E-state index in [1.165, 1.54) is 11.3 Å². The number of carbonyl (C=O) groups is 1. The number of nitrogens with zero attached hydrogens (tertiary/aromatic N) is 2. The third-order valence-electron chi connectivity index (χ3n) is 2.83. The fraction of sp³-hybridized carbons (Fsp3) is 0.667. The molecule has 0 aliphatic carbocycles. The predicted octanol–water partition coefficient (Wildman–Crippen LogP) is 2.52. The van der Waals surface area contributed by atoms with Crippen LogP contribution in [-0.2, 0) is 4.74 Å². The molecule has 0 saturated carbocycles. The molecular formula is C12H20N2O2S. The zero-order chi connectivity index (χ0) is 12.8. The topological polar surface area (TPSA) is 42.4 Å². The van der Waals surface area contributed by atoms with Gasteiger partial charge in [0.15, 0.2) is 11.4 Å². The molecule has 0 N–H and O–H groups in total. The Morgan fingerprint density at radius 3 is 2.76 bits per heavy atom. The van der Waals surface area contributed by atoms with E-state index in [1.807, 2.05) is 6.92 Å². The van der Waals surface area contributed by atoms with Crippen LogP contribution in [0.5, 0.6) is 0 Å². The molecule has 96 valence electrons. The Hall–Kier alpha value is -0.940. The number of aldehydes is 1. The van der Waals surface area contributed by atoms with Crippen molar-refractivity contribution in [2.75, 3.05) is 25.2 Å². The van der Waals surface area contributed by atoms with E-state index in [0.717, 1.165) is 30.1 Å². The standard InChI is InChI=1S/C12H20N2O2S/c1-5-9(2)14(6-7-16-4)12-13-10(3)11(8-15)17-12/h8-9H,5-7H2,1-4H3. The number of anilines is 1. The summed E-state index contributed by atoms with van der Waals surface area (Å²) in [5.41, 5.74) is 0.811. The highest BCUT2D eigenvalue weighted by atomic mass is 32.1. The van der Waals surface area contributed by atoms with Crippen molar-refractivity contribution in [1.82, 2.24) is 4.98 Å². The van der Waals surface area contributed by atoms with Gasteiger partial charge in [0.25, 0.3) is 0 Å². The smallest absolute Gasteiger partial charge is 0.186 e. The van der Waals surface area contributed by atoms with Gasteiger partial charge in [-0.25, -0.2) is 4.98 Å². The van der Waals surface area contributed by atoms with E-state index < -0.39 is 0 Å². The van der Waals surface area contributed by atoms with E-state index in [9.17, 15) is 4.79 Å². The summed E-state index contributed by atoms with van der Waals surface area (Å²) in [5, 5.41) is 0.913. The number of aryl methyl sites for hydroxylation is 1. The monoisotopic (exact) mass is 256 g/mol. The fourth-order valence-electron chi connectivity index (χ4n) is 1.54. The second-order valence-electron chi connectivity index (χ2n) is 4.01. The molecule has 1 rings (SSSR count). The highest BCUT2D eigenvalue weighted by Crippen LogP contribution is 2.26. The van der Waals surface area contributed by atoms with Crippen LogP contribution in [-0.4, -0.2) is 37.6 Å². The third-order valence-corrected chi connectivity index (χ3v) is 3.95. The maximum Gasteiger partial charge on any atom is 0.186 e. The molecule has 0 radical (unpaired) electrons. The van der Waals surface area contributed by atoms with Crippen LogP contribution in [0.1, 0.15) is 35.6 Å². The molecule has 1 aromatic heterocycles. The summed E-state index contributed by atoms with van der Waals surface area (Å²) in [4.78, 5) is 18.2. The number of hydrogen-bond donors (Lipinski definition) is 0. The summed E-state index contributed by atoms with van der Waals surface area (Å²) < 4.78 is 5.12. The van der Waals surface area contributed by atoms with Gasteiger partial charge in [-0.15, -0.1) is 0 Å². The minimum Gasteiger partial charge on any atom is -0.383 e.